The second kappa shape index (κ2) is 9.83. The number of hydrogen-bond donors (Lipinski definition) is 1. The fraction of sp³-hybridized carbons (Fsp3) is 0.208. The number of furan rings is 1. The molecule has 0 spiro atoms. The molecule has 0 radical (unpaired) electrons. The average molecular weight is 467 g/mol. The van der Waals surface area contributed by atoms with Crippen LogP contribution in [0.3, 0.4) is 0 Å². The minimum atomic E-state index is -0.371. The highest BCUT2D eigenvalue weighted by molar-refractivity contribution is 8.18. The first-order valence-electron chi connectivity index (χ1n) is 10.2. The van der Waals surface area contributed by atoms with Crippen LogP contribution < -0.4 is 14.8 Å². The standard InChI is InChI=1S/C24H22N2O6S/c1-30-17-5-3-15(4-6-17)11-21-23(28)26(24(29)33-21)10-9-25-22(27)12-16-14-32-20-13-18(31-2)7-8-19(16)20/h3-8,11,13-14H,9-10,12H2,1-2H3,(H,25,27)/b21-11+. The van der Waals surface area contributed by atoms with Gasteiger partial charge in [-0.25, -0.2) is 0 Å². The Kier molecular flexibility index (Phi) is 6.69. The fourth-order valence-corrected chi connectivity index (χ4v) is 4.28. The average Bonchev–Trinajstić information content (AvgIpc) is 3.34. The van der Waals surface area contributed by atoms with Crippen molar-refractivity contribution >= 4 is 45.9 Å². The van der Waals surface area contributed by atoms with Crippen LogP contribution in [0.25, 0.3) is 17.0 Å². The SMILES string of the molecule is COc1ccc(/C=C2/SC(=O)N(CCNC(=O)Cc3coc4cc(OC)ccc34)C2=O)cc1. The lowest BCUT2D eigenvalue weighted by atomic mass is 10.1. The predicted octanol–water partition coefficient (Wildman–Crippen LogP) is 3.85. The van der Waals surface area contributed by atoms with Gasteiger partial charge >= 0.3 is 0 Å². The number of imide groups is 1. The first-order chi connectivity index (χ1) is 16.0. The maximum absolute atomic E-state index is 12.6. The predicted molar refractivity (Wildman–Crippen MR) is 125 cm³/mol. The highest BCUT2D eigenvalue weighted by Gasteiger charge is 2.34. The van der Waals surface area contributed by atoms with Crippen molar-refractivity contribution in [3.8, 4) is 11.5 Å². The summed E-state index contributed by atoms with van der Waals surface area (Å²) in [6, 6.07) is 12.6. The van der Waals surface area contributed by atoms with Crippen LogP contribution in [0.2, 0.25) is 0 Å². The van der Waals surface area contributed by atoms with Crippen molar-refractivity contribution in [1.82, 2.24) is 10.2 Å². The van der Waals surface area contributed by atoms with Crippen LogP contribution in [0.1, 0.15) is 11.1 Å². The van der Waals surface area contributed by atoms with E-state index in [1.54, 1.807) is 50.8 Å². The molecule has 0 bridgehead atoms. The Labute approximate surface area is 194 Å². The third-order valence-electron chi connectivity index (χ3n) is 5.16. The minimum absolute atomic E-state index is 0.0969. The van der Waals surface area contributed by atoms with Gasteiger partial charge in [0, 0.05) is 30.1 Å². The lowest BCUT2D eigenvalue weighted by molar-refractivity contribution is -0.124. The number of nitrogens with one attached hydrogen (secondary N) is 1. The van der Waals surface area contributed by atoms with Crippen LogP contribution in [0, 0.1) is 0 Å². The van der Waals surface area contributed by atoms with Crippen LogP contribution in [-0.4, -0.2) is 49.3 Å². The van der Waals surface area contributed by atoms with Crippen molar-refractivity contribution in [2.75, 3.05) is 27.3 Å². The van der Waals surface area contributed by atoms with Gasteiger partial charge in [0.2, 0.25) is 5.91 Å². The molecule has 2 heterocycles. The van der Waals surface area contributed by atoms with Crippen molar-refractivity contribution in [2.45, 2.75) is 6.42 Å². The Morgan fingerprint density at radius 2 is 1.82 bits per heavy atom. The number of fused-ring (bicyclic) bond motifs is 1. The summed E-state index contributed by atoms with van der Waals surface area (Å²) in [7, 11) is 3.15. The van der Waals surface area contributed by atoms with E-state index >= 15 is 0 Å². The molecule has 1 aromatic heterocycles. The van der Waals surface area contributed by atoms with Gasteiger partial charge in [-0.05, 0) is 47.7 Å². The van der Waals surface area contributed by atoms with E-state index in [1.165, 1.54) is 0 Å². The number of ether oxygens (including phenoxy) is 2. The summed E-state index contributed by atoms with van der Waals surface area (Å²) in [6.07, 6.45) is 3.34. The Bertz CT molecular complexity index is 1230. The van der Waals surface area contributed by atoms with Crippen molar-refractivity contribution < 1.29 is 28.3 Å². The smallest absolute Gasteiger partial charge is 0.293 e. The van der Waals surface area contributed by atoms with Crippen LogP contribution in [0.4, 0.5) is 4.79 Å². The van der Waals surface area contributed by atoms with E-state index in [-0.39, 0.29) is 36.6 Å². The molecule has 3 aromatic rings. The number of benzene rings is 2. The minimum Gasteiger partial charge on any atom is -0.497 e. The number of rotatable bonds is 8. The second-order valence-electron chi connectivity index (χ2n) is 7.26. The molecule has 2 aromatic carbocycles. The molecule has 170 valence electrons. The van der Waals surface area contributed by atoms with E-state index in [0.717, 1.165) is 33.2 Å². The van der Waals surface area contributed by atoms with Crippen molar-refractivity contribution in [2.24, 2.45) is 0 Å². The molecule has 1 fully saturated rings. The second-order valence-corrected chi connectivity index (χ2v) is 8.25. The van der Waals surface area contributed by atoms with Gasteiger partial charge < -0.3 is 19.2 Å². The van der Waals surface area contributed by atoms with E-state index in [4.69, 9.17) is 13.9 Å². The number of thioether (sulfide) groups is 1. The van der Waals surface area contributed by atoms with Gasteiger partial charge in [-0.3, -0.25) is 19.3 Å². The Morgan fingerprint density at radius 1 is 1.09 bits per heavy atom. The molecule has 0 atom stereocenters. The zero-order chi connectivity index (χ0) is 23.4. The molecule has 0 unspecified atom stereocenters. The van der Waals surface area contributed by atoms with Crippen molar-refractivity contribution in [3.05, 3.63) is 64.8 Å². The summed E-state index contributed by atoms with van der Waals surface area (Å²) < 4.78 is 15.8. The third kappa shape index (κ3) is 5.04. The molecule has 9 heteroatoms. The monoisotopic (exact) mass is 466 g/mol. The molecule has 3 amide bonds. The van der Waals surface area contributed by atoms with E-state index < -0.39 is 0 Å². The number of amides is 3. The highest BCUT2D eigenvalue weighted by atomic mass is 32.2. The molecule has 0 saturated carbocycles. The highest BCUT2D eigenvalue weighted by Crippen LogP contribution is 2.32. The number of carbonyl (C=O) groups is 3. The Morgan fingerprint density at radius 3 is 2.55 bits per heavy atom. The van der Waals surface area contributed by atoms with Gasteiger partial charge in [-0.15, -0.1) is 0 Å². The topological polar surface area (TPSA) is 98.1 Å². The van der Waals surface area contributed by atoms with Gasteiger partial charge in [0.05, 0.1) is 31.8 Å². The molecule has 1 N–H and O–H groups in total. The number of nitrogens with zero attached hydrogens (tertiary/aromatic N) is 1. The molecule has 8 nitrogen and oxygen atoms in total. The van der Waals surface area contributed by atoms with Crippen molar-refractivity contribution in [1.29, 1.82) is 0 Å². The van der Waals surface area contributed by atoms with Gasteiger partial charge in [0.25, 0.3) is 11.1 Å². The number of hydrogen-bond acceptors (Lipinski definition) is 7. The molecular weight excluding hydrogens is 444 g/mol. The van der Waals surface area contributed by atoms with Crippen LogP contribution in [0.5, 0.6) is 11.5 Å². The molecule has 1 aliphatic heterocycles. The first-order valence-corrected chi connectivity index (χ1v) is 11.0. The number of carbonyl (C=O) groups excluding carboxylic acids is 3. The zero-order valence-corrected chi connectivity index (χ0v) is 18.9. The Balaban J connectivity index is 1.31. The zero-order valence-electron chi connectivity index (χ0n) is 18.1. The normalized spacial score (nSPS) is 14.8. The summed E-state index contributed by atoms with van der Waals surface area (Å²) in [6.45, 7) is 0.260. The van der Waals surface area contributed by atoms with E-state index in [0.29, 0.717) is 22.0 Å². The third-order valence-corrected chi connectivity index (χ3v) is 6.07. The first kappa shape index (κ1) is 22.5. The maximum atomic E-state index is 12.6. The van der Waals surface area contributed by atoms with Gasteiger partial charge in [-0.2, -0.15) is 0 Å². The van der Waals surface area contributed by atoms with E-state index in [2.05, 4.69) is 5.32 Å². The summed E-state index contributed by atoms with van der Waals surface area (Å²) in [5, 5.41) is 3.24. The molecular formula is C24H22N2O6S. The molecule has 1 aliphatic rings. The lowest BCUT2D eigenvalue weighted by Crippen LogP contribution is -2.37. The molecule has 1 saturated heterocycles. The summed E-state index contributed by atoms with van der Waals surface area (Å²) in [5.41, 5.74) is 2.18. The van der Waals surface area contributed by atoms with E-state index in [1.807, 2.05) is 18.2 Å². The summed E-state index contributed by atoms with van der Waals surface area (Å²) >= 11 is 0.886. The number of methoxy groups -OCH3 is 2. The van der Waals surface area contributed by atoms with Gasteiger partial charge in [0.15, 0.2) is 0 Å². The fourth-order valence-electron chi connectivity index (χ4n) is 3.41. The molecule has 4 rings (SSSR count). The van der Waals surface area contributed by atoms with Crippen molar-refractivity contribution in [3.63, 3.8) is 0 Å². The van der Waals surface area contributed by atoms with Crippen LogP contribution >= 0.6 is 11.8 Å². The van der Waals surface area contributed by atoms with E-state index in [9.17, 15) is 14.4 Å². The largest absolute Gasteiger partial charge is 0.497 e. The van der Waals surface area contributed by atoms with Gasteiger partial charge in [-0.1, -0.05) is 12.1 Å². The molecule has 0 aliphatic carbocycles. The lowest BCUT2D eigenvalue weighted by Gasteiger charge is -2.12. The Hall–Kier alpha value is -3.72. The maximum Gasteiger partial charge on any atom is 0.293 e. The quantitative estimate of drug-likeness (QED) is 0.504. The van der Waals surface area contributed by atoms with Crippen LogP contribution in [0.15, 0.2) is 58.1 Å². The summed E-state index contributed by atoms with van der Waals surface area (Å²) in [5.74, 6) is 0.782. The molecule has 33 heavy (non-hydrogen) atoms. The summed E-state index contributed by atoms with van der Waals surface area (Å²) in [4.78, 5) is 38.8. The van der Waals surface area contributed by atoms with Crippen LogP contribution in [-0.2, 0) is 16.0 Å². The van der Waals surface area contributed by atoms with Gasteiger partial charge in [0.1, 0.15) is 17.1 Å².